The largest absolute Gasteiger partial charge is 0.497 e. The lowest BCUT2D eigenvalue weighted by Gasteiger charge is -2.19. The number of anilines is 2. The monoisotopic (exact) mass is 325 g/mol. The van der Waals surface area contributed by atoms with E-state index in [1.807, 2.05) is 42.5 Å². The van der Waals surface area contributed by atoms with Crippen molar-refractivity contribution in [2.24, 2.45) is 5.92 Å². The Morgan fingerprint density at radius 3 is 2.83 bits per heavy atom. The van der Waals surface area contributed by atoms with Crippen molar-refractivity contribution in [1.82, 2.24) is 5.32 Å². The number of nitrogens with zero attached hydrogens (tertiary/aromatic N) is 1. The molecule has 1 atom stereocenters. The molecule has 2 amide bonds. The number of rotatable bonds is 5. The van der Waals surface area contributed by atoms with Crippen LogP contribution in [-0.2, 0) is 0 Å². The van der Waals surface area contributed by atoms with E-state index in [4.69, 9.17) is 4.74 Å². The highest BCUT2D eigenvalue weighted by molar-refractivity contribution is 5.89. The number of carbonyl (C=O) groups is 1. The molecule has 5 nitrogen and oxygen atoms in total. The fourth-order valence-corrected chi connectivity index (χ4v) is 2.97. The molecule has 0 saturated carbocycles. The number of urea groups is 1. The molecule has 0 unspecified atom stereocenters. The van der Waals surface area contributed by atoms with Gasteiger partial charge in [-0.3, -0.25) is 0 Å². The van der Waals surface area contributed by atoms with Crippen molar-refractivity contribution in [3.05, 3.63) is 54.6 Å². The summed E-state index contributed by atoms with van der Waals surface area (Å²) in [5.74, 6) is 1.33. The topological polar surface area (TPSA) is 53.6 Å². The quantitative estimate of drug-likeness (QED) is 0.886. The van der Waals surface area contributed by atoms with Crippen LogP contribution in [0.3, 0.4) is 0 Å². The maximum absolute atomic E-state index is 12.0. The van der Waals surface area contributed by atoms with Gasteiger partial charge in [0.2, 0.25) is 0 Å². The Morgan fingerprint density at radius 2 is 2.04 bits per heavy atom. The molecule has 2 aromatic carbocycles. The SMILES string of the molecule is COc1cccc(N2CC[C@@H](CNC(=O)Nc3ccccc3)C2)c1. The lowest BCUT2D eigenvalue weighted by Crippen LogP contribution is -2.34. The van der Waals surface area contributed by atoms with Gasteiger partial charge >= 0.3 is 6.03 Å². The van der Waals surface area contributed by atoms with Crippen molar-refractivity contribution in [3.63, 3.8) is 0 Å². The van der Waals surface area contributed by atoms with Crippen LogP contribution in [0.25, 0.3) is 0 Å². The second kappa shape index (κ2) is 7.73. The van der Waals surface area contributed by atoms with Crippen molar-refractivity contribution in [2.75, 3.05) is 37.0 Å². The zero-order chi connectivity index (χ0) is 16.8. The number of hydrogen-bond donors (Lipinski definition) is 2. The molecule has 1 fully saturated rings. The van der Waals surface area contributed by atoms with E-state index in [1.54, 1.807) is 7.11 Å². The molecule has 0 radical (unpaired) electrons. The van der Waals surface area contributed by atoms with E-state index in [0.29, 0.717) is 12.5 Å². The molecule has 5 heteroatoms. The summed E-state index contributed by atoms with van der Waals surface area (Å²) in [6.45, 7) is 2.62. The first-order valence-corrected chi connectivity index (χ1v) is 8.23. The molecule has 1 aliphatic rings. The molecule has 1 saturated heterocycles. The molecule has 0 bridgehead atoms. The predicted molar refractivity (Wildman–Crippen MR) is 96.8 cm³/mol. The Bertz CT molecular complexity index is 675. The molecule has 0 aliphatic carbocycles. The van der Waals surface area contributed by atoms with Gasteiger partial charge in [0.25, 0.3) is 0 Å². The van der Waals surface area contributed by atoms with Gasteiger partial charge in [0.05, 0.1) is 7.11 Å². The number of benzene rings is 2. The number of nitrogens with one attached hydrogen (secondary N) is 2. The maximum Gasteiger partial charge on any atom is 0.319 e. The Morgan fingerprint density at radius 1 is 1.21 bits per heavy atom. The Labute approximate surface area is 142 Å². The van der Waals surface area contributed by atoms with E-state index >= 15 is 0 Å². The fourth-order valence-electron chi connectivity index (χ4n) is 2.97. The minimum Gasteiger partial charge on any atom is -0.497 e. The summed E-state index contributed by atoms with van der Waals surface area (Å²) in [6.07, 6.45) is 1.07. The molecule has 3 rings (SSSR count). The predicted octanol–water partition coefficient (Wildman–Crippen LogP) is 3.34. The van der Waals surface area contributed by atoms with Crippen molar-refractivity contribution in [3.8, 4) is 5.75 Å². The summed E-state index contributed by atoms with van der Waals surface area (Å²) >= 11 is 0. The Balaban J connectivity index is 1.47. The highest BCUT2D eigenvalue weighted by Gasteiger charge is 2.23. The lowest BCUT2D eigenvalue weighted by molar-refractivity contribution is 0.250. The molecule has 24 heavy (non-hydrogen) atoms. The van der Waals surface area contributed by atoms with Crippen LogP contribution >= 0.6 is 0 Å². The number of para-hydroxylation sites is 1. The minimum atomic E-state index is -0.152. The minimum absolute atomic E-state index is 0.152. The van der Waals surface area contributed by atoms with E-state index < -0.39 is 0 Å². The molecule has 2 aromatic rings. The van der Waals surface area contributed by atoms with Gasteiger partial charge in [-0.05, 0) is 36.6 Å². The van der Waals surface area contributed by atoms with Crippen LogP contribution in [-0.4, -0.2) is 32.8 Å². The number of amides is 2. The second-order valence-electron chi connectivity index (χ2n) is 6.00. The molecule has 0 spiro atoms. The standard InChI is InChI=1S/C19H23N3O2/c1-24-18-9-5-8-17(12-18)22-11-10-15(14-22)13-20-19(23)21-16-6-3-2-4-7-16/h2-9,12,15H,10-11,13-14H2,1H3,(H2,20,21,23)/t15-/m0/s1. The van der Waals surface area contributed by atoms with Crippen LogP contribution < -0.4 is 20.3 Å². The smallest absolute Gasteiger partial charge is 0.319 e. The second-order valence-corrected chi connectivity index (χ2v) is 6.00. The molecule has 2 N–H and O–H groups in total. The van der Waals surface area contributed by atoms with Gasteiger partial charge in [0, 0.05) is 37.1 Å². The normalized spacial score (nSPS) is 16.7. The van der Waals surface area contributed by atoms with E-state index in [0.717, 1.165) is 30.9 Å². The fraction of sp³-hybridized carbons (Fsp3) is 0.316. The van der Waals surface area contributed by atoms with Gasteiger partial charge < -0.3 is 20.3 Å². The third-order valence-electron chi connectivity index (χ3n) is 4.29. The van der Waals surface area contributed by atoms with Crippen LogP contribution in [0.2, 0.25) is 0 Å². The molecular weight excluding hydrogens is 302 g/mol. The van der Waals surface area contributed by atoms with Gasteiger partial charge in [-0.25, -0.2) is 4.79 Å². The summed E-state index contributed by atoms with van der Waals surface area (Å²) in [6, 6.07) is 17.4. The first-order valence-electron chi connectivity index (χ1n) is 8.23. The highest BCUT2D eigenvalue weighted by Crippen LogP contribution is 2.26. The van der Waals surface area contributed by atoms with Crippen molar-refractivity contribution in [2.45, 2.75) is 6.42 Å². The van der Waals surface area contributed by atoms with Crippen LogP contribution in [0, 0.1) is 5.92 Å². The van der Waals surface area contributed by atoms with E-state index in [1.165, 1.54) is 5.69 Å². The highest BCUT2D eigenvalue weighted by atomic mass is 16.5. The van der Waals surface area contributed by atoms with Gasteiger partial charge in [0.15, 0.2) is 0 Å². The molecular formula is C19H23N3O2. The van der Waals surface area contributed by atoms with E-state index in [-0.39, 0.29) is 6.03 Å². The van der Waals surface area contributed by atoms with Gasteiger partial charge in [-0.1, -0.05) is 24.3 Å². The van der Waals surface area contributed by atoms with Crippen molar-refractivity contribution >= 4 is 17.4 Å². The number of carbonyl (C=O) groups excluding carboxylic acids is 1. The maximum atomic E-state index is 12.0. The third-order valence-corrected chi connectivity index (χ3v) is 4.29. The van der Waals surface area contributed by atoms with Gasteiger partial charge in [-0.15, -0.1) is 0 Å². The average molecular weight is 325 g/mol. The summed E-state index contributed by atoms with van der Waals surface area (Å²) in [5.41, 5.74) is 1.98. The van der Waals surface area contributed by atoms with E-state index in [2.05, 4.69) is 27.7 Å². The Hall–Kier alpha value is -2.69. The lowest BCUT2D eigenvalue weighted by atomic mass is 10.1. The number of hydrogen-bond acceptors (Lipinski definition) is 3. The summed E-state index contributed by atoms with van der Waals surface area (Å²) in [4.78, 5) is 14.3. The summed E-state index contributed by atoms with van der Waals surface area (Å²) in [5, 5.41) is 5.81. The Kier molecular flexibility index (Phi) is 5.21. The van der Waals surface area contributed by atoms with E-state index in [9.17, 15) is 4.79 Å². The van der Waals surface area contributed by atoms with Crippen LogP contribution in [0.4, 0.5) is 16.2 Å². The first-order chi connectivity index (χ1) is 11.7. The first kappa shape index (κ1) is 16.2. The molecule has 126 valence electrons. The zero-order valence-corrected chi connectivity index (χ0v) is 13.9. The third kappa shape index (κ3) is 4.19. The van der Waals surface area contributed by atoms with Crippen LogP contribution in [0.1, 0.15) is 6.42 Å². The summed E-state index contributed by atoms with van der Waals surface area (Å²) in [7, 11) is 1.68. The van der Waals surface area contributed by atoms with Gasteiger partial charge in [0.1, 0.15) is 5.75 Å². The molecule has 0 aromatic heterocycles. The molecule has 1 heterocycles. The summed E-state index contributed by atoms with van der Waals surface area (Å²) < 4.78 is 5.28. The average Bonchev–Trinajstić information content (AvgIpc) is 3.10. The number of ether oxygens (including phenoxy) is 1. The van der Waals surface area contributed by atoms with Crippen LogP contribution in [0.5, 0.6) is 5.75 Å². The number of methoxy groups -OCH3 is 1. The van der Waals surface area contributed by atoms with Crippen molar-refractivity contribution < 1.29 is 9.53 Å². The van der Waals surface area contributed by atoms with Crippen LogP contribution in [0.15, 0.2) is 54.6 Å². The molecule has 1 aliphatic heterocycles. The van der Waals surface area contributed by atoms with Crippen molar-refractivity contribution in [1.29, 1.82) is 0 Å². The van der Waals surface area contributed by atoms with Gasteiger partial charge in [-0.2, -0.15) is 0 Å². The zero-order valence-electron chi connectivity index (χ0n) is 13.9.